The number of nitro benzene ring substituents is 1. The van der Waals surface area contributed by atoms with Crippen LogP contribution in [0, 0.1) is 10.1 Å². The molecule has 2 rings (SSSR count). The Morgan fingerprint density at radius 3 is 2.21 bits per heavy atom. The van der Waals surface area contributed by atoms with E-state index in [1.165, 1.54) is 36.4 Å². The number of nitro groups is 1. The molecule has 0 spiro atoms. The van der Waals surface area contributed by atoms with Crippen LogP contribution < -0.4 is 4.74 Å². The van der Waals surface area contributed by atoms with Crippen molar-refractivity contribution >= 4 is 28.9 Å². The zero-order chi connectivity index (χ0) is 14.0. The van der Waals surface area contributed by atoms with Crippen LogP contribution in [0.2, 0.25) is 10.0 Å². The number of phenols is 1. The van der Waals surface area contributed by atoms with E-state index in [1.807, 2.05) is 0 Å². The van der Waals surface area contributed by atoms with Crippen LogP contribution in [0.3, 0.4) is 0 Å². The first-order chi connectivity index (χ1) is 8.97. The van der Waals surface area contributed by atoms with Crippen LogP contribution in [-0.4, -0.2) is 10.0 Å². The first-order valence-corrected chi connectivity index (χ1v) is 5.83. The summed E-state index contributed by atoms with van der Waals surface area (Å²) in [6.45, 7) is 0. The number of phenolic OH excluding ortho intramolecular Hbond substituents is 1. The maximum absolute atomic E-state index is 10.9. The van der Waals surface area contributed by atoms with Crippen molar-refractivity contribution in [2.24, 2.45) is 0 Å². The molecule has 2 aromatic carbocycles. The quantitative estimate of drug-likeness (QED) is 0.673. The number of hydrogen-bond acceptors (Lipinski definition) is 4. The zero-order valence-corrected chi connectivity index (χ0v) is 10.9. The Bertz CT molecular complexity index is 646. The summed E-state index contributed by atoms with van der Waals surface area (Å²) in [7, 11) is 0. The fraction of sp³-hybridized carbons (Fsp3) is 0. The van der Waals surface area contributed by atoms with E-state index < -0.39 is 4.92 Å². The molecule has 0 bridgehead atoms. The molecule has 1 N–H and O–H groups in total. The Labute approximate surface area is 118 Å². The average Bonchev–Trinajstić information content (AvgIpc) is 2.34. The second-order valence-corrected chi connectivity index (χ2v) is 4.46. The number of halogens is 2. The minimum Gasteiger partial charge on any atom is -0.504 e. The number of aromatic hydroxyl groups is 1. The Hall–Kier alpha value is -1.98. The molecule has 0 aliphatic carbocycles. The monoisotopic (exact) mass is 299 g/mol. The van der Waals surface area contributed by atoms with E-state index in [2.05, 4.69) is 0 Å². The van der Waals surface area contributed by atoms with E-state index in [9.17, 15) is 15.2 Å². The lowest BCUT2D eigenvalue weighted by Crippen LogP contribution is -1.93. The molecule has 0 saturated heterocycles. The highest BCUT2D eigenvalue weighted by atomic mass is 35.5. The lowest BCUT2D eigenvalue weighted by molar-refractivity contribution is -0.385. The number of nitrogens with zero attached hydrogens (tertiary/aromatic N) is 1. The highest BCUT2D eigenvalue weighted by Gasteiger charge is 2.17. The van der Waals surface area contributed by atoms with Crippen LogP contribution in [0.25, 0.3) is 0 Å². The second kappa shape index (κ2) is 5.34. The third kappa shape index (κ3) is 3.07. The van der Waals surface area contributed by atoms with Gasteiger partial charge in [-0.15, -0.1) is 0 Å². The molecule has 0 aliphatic heterocycles. The van der Waals surface area contributed by atoms with E-state index in [0.29, 0.717) is 5.02 Å². The predicted octanol–water partition coefficient (Wildman–Crippen LogP) is 4.40. The van der Waals surface area contributed by atoms with Gasteiger partial charge in [0.05, 0.1) is 4.92 Å². The highest BCUT2D eigenvalue weighted by molar-refractivity contribution is 6.31. The molecule has 5 nitrogen and oxygen atoms in total. The lowest BCUT2D eigenvalue weighted by atomic mass is 10.3. The van der Waals surface area contributed by atoms with Crippen molar-refractivity contribution in [1.82, 2.24) is 0 Å². The van der Waals surface area contributed by atoms with Gasteiger partial charge in [0.15, 0.2) is 11.5 Å². The van der Waals surface area contributed by atoms with Crippen LogP contribution in [0.5, 0.6) is 17.2 Å². The van der Waals surface area contributed by atoms with Gasteiger partial charge in [-0.1, -0.05) is 23.2 Å². The smallest absolute Gasteiger partial charge is 0.313 e. The van der Waals surface area contributed by atoms with Crippen molar-refractivity contribution in [3.63, 3.8) is 0 Å². The van der Waals surface area contributed by atoms with Gasteiger partial charge in [0.1, 0.15) is 0 Å². The van der Waals surface area contributed by atoms with Crippen molar-refractivity contribution in [1.29, 1.82) is 0 Å². The number of ether oxygens (including phenoxy) is 1. The molecule has 0 aromatic heterocycles. The van der Waals surface area contributed by atoms with Crippen LogP contribution >= 0.6 is 23.2 Å². The first kappa shape index (κ1) is 13.5. The predicted molar refractivity (Wildman–Crippen MR) is 71.3 cm³/mol. The Morgan fingerprint density at radius 2 is 1.63 bits per heavy atom. The zero-order valence-electron chi connectivity index (χ0n) is 9.34. The molecule has 0 fully saturated rings. The first-order valence-electron chi connectivity index (χ1n) is 5.07. The summed E-state index contributed by atoms with van der Waals surface area (Å²) in [6, 6.07) is 8.17. The van der Waals surface area contributed by atoms with Gasteiger partial charge in [0.25, 0.3) is 0 Å². The second-order valence-electron chi connectivity index (χ2n) is 3.58. The van der Waals surface area contributed by atoms with E-state index in [4.69, 9.17) is 27.9 Å². The largest absolute Gasteiger partial charge is 0.504 e. The van der Waals surface area contributed by atoms with Crippen LogP contribution in [-0.2, 0) is 0 Å². The van der Waals surface area contributed by atoms with Gasteiger partial charge in [-0.25, -0.2) is 0 Å². The molecule has 0 aliphatic rings. The van der Waals surface area contributed by atoms with E-state index in [1.54, 1.807) is 0 Å². The van der Waals surface area contributed by atoms with Crippen molar-refractivity contribution in [3.05, 3.63) is 56.6 Å². The standard InChI is InChI=1S/C12H7Cl2NO4/c13-7-1-3-11(9(5-7)15(17)18)19-12-4-2-8(14)6-10(12)16/h1-6,16H. The summed E-state index contributed by atoms with van der Waals surface area (Å²) in [4.78, 5) is 10.3. The van der Waals surface area contributed by atoms with E-state index in [0.717, 1.165) is 0 Å². The van der Waals surface area contributed by atoms with Gasteiger partial charge in [0.2, 0.25) is 5.75 Å². The SMILES string of the molecule is O=[N+]([O-])c1cc(Cl)ccc1Oc1ccc(Cl)cc1O. The third-order valence-electron chi connectivity index (χ3n) is 2.26. The maximum atomic E-state index is 10.9. The molecule has 98 valence electrons. The molecule has 0 heterocycles. The fourth-order valence-electron chi connectivity index (χ4n) is 1.41. The van der Waals surface area contributed by atoms with Crippen LogP contribution in [0.15, 0.2) is 36.4 Å². The summed E-state index contributed by atoms with van der Waals surface area (Å²) < 4.78 is 5.30. The summed E-state index contributed by atoms with van der Waals surface area (Å²) in [6.07, 6.45) is 0. The molecule has 0 radical (unpaired) electrons. The molecular weight excluding hydrogens is 293 g/mol. The minimum atomic E-state index is -0.617. The highest BCUT2D eigenvalue weighted by Crippen LogP contribution is 2.37. The van der Waals surface area contributed by atoms with E-state index in [-0.39, 0.29) is 28.0 Å². The summed E-state index contributed by atoms with van der Waals surface area (Å²) in [5, 5.41) is 21.1. The summed E-state index contributed by atoms with van der Waals surface area (Å²) >= 11 is 11.4. The number of hydrogen-bond donors (Lipinski definition) is 1. The van der Waals surface area contributed by atoms with Gasteiger partial charge in [0, 0.05) is 22.2 Å². The maximum Gasteiger partial charge on any atom is 0.313 e. The fourth-order valence-corrected chi connectivity index (χ4v) is 1.75. The van der Waals surface area contributed by atoms with Crippen molar-refractivity contribution in [2.45, 2.75) is 0 Å². The molecular formula is C12H7Cl2NO4. The van der Waals surface area contributed by atoms with Crippen LogP contribution in [0.1, 0.15) is 0 Å². The van der Waals surface area contributed by atoms with Crippen molar-refractivity contribution in [3.8, 4) is 17.2 Å². The van der Waals surface area contributed by atoms with Crippen molar-refractivity contribution < 1.29 is 14.8 Å². The number of rotatable bonds is 3. The Kier molecular flexibility index (Phi) is 3.78. The normalized spacial score (nSPS) is 10.2. The third-order valence-corrected chi connectivity index (χ3v) is 2.73. The molecule has 2 aromatic rings. The Morgan fingerprint density at radius 1 is 1.05 bits per heavy atom. The molecule has 0 atom stereocenters. The lowest BCUT2D eigenvalue weighted by Gasteiger charge is -2.08. The molecule has 7 heteroatoms. The van der Waals surface area contributed by atoms with E-state index >= 15 is 0 Å². The molecule has 0 saturated carbocycles. The number of benzene rings is 2. The molecule has 0 unspecified atom stereocenters. The molecule has 0 amide bonds. The van der Waals surface area contributed by atoms with Crippen molar-refractivity contribution in [2.75, 3.05) is 0 Å². The summed E-state index contributed by atoms with van der Waals surface area (Å²) in [5.41, 5.74) is -0.290. The molecule has 19 heavy (non-hydrogen) atoms. The minimum absolute atomic E-state index is 0.0213. The Balaban J connectivity index is 2.40. The van der Waals surface area contributed by atoms with Gasteiger partial charge in [-0.2, -0.15) is 0 Å². The summed E-state index contributed by atoms with van der Waals surface area (Å²) in [5.74, 6) is -0.168. The van der Waals surface area contributed by atoms with Gasteiger partial charge < -0.3 is 9.84 Å². The average molecular weight is 300 g/mol. The van der Waals surface area contributed by atoms with Gasteiger partial charge in [-0.3, -0.25) is 10.1 Å². The van der Waals surface area contributed by atoms with Gasteiger partial charge in [-0.05, 0) is 24.3 Å². The van der Waals surface area contributed by atoms with Crippen LogP contribution in [0.4, 0.5) is 5.69 Å². The van der Waals surface area contributed by atoms with Gasteiger partial charge >= 0.3 is 5.69 Å². The topological polar surface area (TPSA) is 72.6 Å².